The summed E-state index contributed by atoms with van der Waals surface area (Å²) in [5, 5.41) is 0. The van der Waals surface area contributed by atoms with Gasteiger partial charge in [-0.05, 0) is 44.2 Å². The summed E-state index contributed by atoms with van der Waals surface area (Å²) in [6, 6.07) is 6.00. The number of rotatable bonds is 6. The maximum Gasteiger partial charge on any atom is 0.241 e. The van der Waals surface area contributed by atoms with Gasteiger partial charge in [-0.3, -0.25) is 4.79 Å². The van der Waals surface area contributed by atoms with E-state index < -0.39 is 16.1 Å². The monoisotopic (exact) mass is 367 g/mol. The number of nitrogens with zero attached hydrogens (tertiary/aromatic N) is 1. The van der Waals surface area contributed by atoms with Crippen molar-refractivity contribution in [2.24, 2.45) is 11.7 Å². The van der Waals surface area contributed by atoms with E-state index in [1.54, 1.807) is 29.2 Å². The molecule has 0 aromatic heterocycles. The first-order chi connectivity index (χ1) is 11.7. The van der Waals surface area contributed by atoms with Gasteiger partial charge in [-0.2, -0.15) is 4.72 Å². The molecule has 1 aliphatic heterocycles. The molecule has 6 nitrogen and oxygen atoms in total. The third-order valence-corrected chi connectivity index (χ3v) is 5.97. The Kier molecular flexibility index (Phi) is 6.59. The normalized spacial score (nSPS) is 17.7. The van der Waals surface area contributed by atoms with Gasteiger partial charge in [0.15, 0.2) is 0 Å². The number of hydrogen-bond acceptors (Lipinski definition) is 4. The number of aryl methyl sites for hydroxylation is 1. The Labute approximate surface area is 150 Å². The minimum atomic E-state index is -3.74. The molecule has 2 rings (SSSR count). The van der Waals surface area contributed by atoms with Crippen molar-refractivity contribution in [1.29, 1.82) is 0 Å². The van der Waals surface area contributed by atoms with Gasteiger partial charge >= 0.3 is 0 Å². The fourth-order valence-electron chi connectivity index (χ4n) is 2.98. The van der Waals surface area contributed by atoms with E-state index in [0.29, 0.717) is 19.5 Å². The first-order valence-electron chi connectivity index (χ1n) is 8.82. The predicted molar refractivity (Wildman–Crippen MR) is 98.5 cm³/mol. The molecule has 3 N–H and O–H groups in total. The van der Waals surface area contributed by atoms with Crippen molar-refractivity contribution in [1.82, 2.24) is 9.62 Å². The van der Waals surface area contributed by atoms with Crippen LogP contribution < -0.4 is 10.5 Å². The molecule has 1 saturated heterocycles. The first kappa shape index (κ1) is 19.9. The molecule has 1 heterocycles. The SMILES string of the molecule is Cc1ccc(S(=O)(=O)NC(CC(C)C)C(=O)N2CCC(N)CC2)cc1. The van der Waals surface area contributed by atoms with Crippen LogP contribution >= 0.6 is 0 Å². The van der Waals surface area contributed by atoms with Crippen LogP contribution in [0.2, 0.25) is 0 Å². The highest BCUT2D eigenvalue weighted by atomic mass is 32.2. The summed E-state index contributed by atoms with van der Waals surface area (Å²) in [7, 11) is -3.74. The molecule has 140 valence electrons. The molecule has 25 heavy (non-hydrogen) atoms. The average Bonchev–Trinajstić information content (AvgIpc) is 2.54. The second-order valence-electron chi connectivity index (χ2n) is 7.28. The van der Waals surface area contributed by atoms with Crippen LogP contribution in [0, 0.1) is 12.8 Å². The van der Waals surface area contributed by atoms with Crippen molar-refractivity contribution < 1.29 is 13.2 Å². The Morgan fingerprint density at radius 3 is 2.32 bits per heavy atom. The van der Waals surface area contributed by atoms with Gasteiger partial charge < -0.3 is 10.6 Å². The van der Waals surface area contributed by atoms with E-state index in [1.165, 1.54) is 0 Å². The largest absolute Gasteiger partial charge is 0.341 e. The van der Waals surface area contributed by atoms with Crippen molar-refractivity contribution in [3.05, 3.63) is 29.8 Å². The molecule has 1 aromatic carbocycles. The maximum absolute atomic E-state index is 12.9. The maximum atomic E-state index is 12.9. The lowest BCUT2D eigenvalue weighted by atomic mass is 10.0. The number of likely N-dealkylation sites (tertiary alicyclic amines) is 1. The van der Waals surface area contributed by atoms with E-state index in [-0.39, 0.29) is 22.8 Å². The molecule has 0 spiro atoms. The number of benzene rings is 1. The van der Waals surface area contributed by atoms with Crippen LogP contribution in [0.1, 0.15) is 38.7 Å². The lowest BCUT2D eigenvalue weighted by Crippen LogP contribution is -2.52. The molecule has 1 atom stereocenters. The summed E-state index contributed by atoms with van der Waals surface area (Å²) in [6.45, 7) is 7.02. The summed E-state index contributed by atoms with van der Waals surface area (Å²) in [6.07, 6.45) is 1.97. The smallest absolute Gasteiger partial charge is 0.241 e. The summed E-state index contributed by atoms with van der Waals surface area (Å²) in [5.41, 5.74) is 6.88. The number of carbonyl (C=O) groups excluding carboxylic acids is 1. The third-order valence-electron chi connectivity index (χ3n) is 4.49. The second-order valence-corrected chi connectivity index (χ2v) is 8.99. The van der Waals surface area contributed by atoms with Crippen molar-refractivity contribution in [3.8, 4) is 0 Å². The Morgan fingerprint density at radius 2 is 1.80 bits per heavy atom. The molecular weight excluding hydrogens is 338 g/mol. The van der Waals surface area contributed by atoms with E-state index in [9.17, 15) is 13.2 Å². The lowest BCUT2D eigenvalue weighted by molar-refractivity contribution is -0.134. The van der Waals surface area contributed by atoms with Crippen LogP contribution in [0.15, 0.2) is 29.2 Å². The molecule has 0 aliphatic carbocycles. The number of sulfonamides is 1. The van der Waals surface area contributed by atoms with Crippen molar-refractivity contribution in [2.75, 3.05) is 13.1 Å². The van der Waals surface area contributed by atoms with Gasteiger partial charge in [0, 0.05) is 19.1 Å². The highest BCUT2D eigenvalue weighted by Crippen LogP contribution is 2.17. The molecular formula is C18H29N3O3S. The molecule has 1 unspecified atom stereocenters. The molecule has 7 heteroatoms. The topological polar surface area (TPSA) is 92.5 Å². The van der Waals surface area contributed by atoms with Gasteiger partial charge in [0.05, 0.1) is 4.90 Å². The number of amides is 1. The van der Waals surface area contributed by atoms with Gasteiger partial charge in [-0.15, -0.1) is 0 Å². The number of hydrogen-bond donors (Lipinski definition) is 2. The van der Waals surface area contributed by atoms with Crippen molar-refractivity contribution >= 4 is 15.9 Å². The Bertz CT molecular complexity index is 678. The lowest BCUT2D eigenvalue weighted by Gasteiger charge is -2.33. The molecule has 1 aromatic rings. The average molecular weight is 368 g/mol. The second kappa shape index (κ2) is 8.29. The summed E-state index contributed by atoms with van der Waals surface area (Å²) < 4.78 is 28.0. The molecule has 1 amide bonds. The Balaban J connectivity index is 2.16. The standard InChI is InChI=1S/C18H29N3O3S/c1-13(2)12-17(18(22)21-10-8-15(19)9-11-21)20-25(23,24)16-6-4-14(3)5-7-16/h4-7,13,15,17,20H,8-12,19H2,1-3H3. The van der Waals surface area contributed by atoms with E-state index in [0.717, 1.165) is 18.4 Å². The molecule has 0 radical (unpaired) electrons. The van der Waals surface area contributed by atoms with Crippen LogP contribution in [0.4, 0.5) is 0 Å². The van der Waals surface area contributed by atoms with Gasteiger partial charge in [-0.1, -0.05) is 31.5 Å². The Morgan fingerprint density at radius 1 is 1.24 bits per heavy atom. The molecule has 0 bridgehead atoms. The fourth-order valence-corrected chi connectivity index (χ4v) is 4.19. The number of carbonyl (C=O) groups is 1. The van der Waals surface area contributed by atoms with Crippen LogP contribution in [0.5, 0.6) is 0 Å². The van der Waals surface area contributed by atoms with Gasteiger partial charge in [0.1, 0.15) is 6.04 Å². The van der Waals surface area contributed by atoms with Crippen molar-refractivity contribution in [2.45, 2.75) is 57.0 Å². The quantitative estimate of drug-likeness (QED) is 0.799. The van der Waals surface area contributed by atoms with Crippen LogP contribution in [0.25, 0.3) is 0 Å². The summed E-state index contributed by atoms with van der Waals surface area (Å²) in [4.78, 5) is 14.8. The molecule has 1 fully saturated rings. The zero-order valence-electron chi connectivity index (χ0n) is 15.2. The van der Waals surface area contributed by atoms with Gasteiger partial charge in [-0.25, -0.2) is 8.42 Å². The minimum Gasteiger partial charge on any atom is -0.341 e. The zero-order chi connectivity index (χ0) is 18.6. The van der Waals surface area contributed by atoms with Crippen molar-refractivity contribution in [3.63, 3.8) is 0 Å². The number of nitrogens with one attached hydrogen (secondary N) is 1. The minimum absolute atomic E-state index is 0.122. The van der Waals surface area contributed by atoms with Gasteiger partial charge in [0.25, 0.3) is 0 Å². The van der Waals surface area contributed by atoms with Crippen LogP contribution in [0.3, 0.4) is 0 Å². The summed E-state index contributed by atoms with van der Waals surface area (Å²) >= 11 is 0. The highest BCUT2D eigenvalue weighted by Gasteiger charge is 2.31. The van der Waals surface area contributed by atoms with E-state index in [2.05, 4.69) is 4.72 Å². The highest BCUT2D eigenvalue weighted by molar-refractivity contribution is 7.89. The third kappa shape index (κ3) is 5.52. The number of nitrogens with two attached hydrogens (primary N) is 1. The molecule has 0 saturated carbocycles. The zero-order valence-corrected chi connectivity index (χ0v) is 16.1. The molecule has 1 aliphatic rings. The summed E-state index contributed by atoms with van der Waals surface area (Å²) in [5.74, 6) is 0.0398. The fraction of sp³-hybridized carbons (Fsp3) is 0.611. The predicted octanol–water partition coefficient (Wildman–Crippen LogP) is 1.64. The van der Waals surface area contributed by atoms with Crippen LogP contribution in [-0.2, 0) is 14.8 Å². The van der Waals surface area contributed by atoms with Gasteiger partial charge in [0.2, 0.25) is 15.9 Å². The number of piperidine rings is 1. The van der Waals surface area contributed by atoms with E-state index in [4.69, 9.17) is 5.73 Å². The first-order valence-corrected chi connectivity index (χ1v) is 10.3. The van der Waals surface area contributed by atoms with Crippen LogP contribution in [-0.4, -0.2) is 44.4 Å². The van der Waals surface area contributed by atoms with E-state index in [1.807, 2.05) is 20.8 Å². The Hall–Kier alpha value is -1.44. The van der Waals surface area contributed by atoms with E-state index >= 15 is 0 Å².